The van der Waals surface area contributed by atoms with Crippen LogP contribution in [0.25, 0.3) is 45.7 Å². The van der Waals surface area contributed by atoms with Crippen molar-refractivity contribution in [3.63, 3.8) is 0 Å². The van der Waals surface area contributed by atoms with Gasteiger partial charge >= 0.3 is 23.0 Å². The lowest BCUT2D eigenvalue weighted by molar-refractivity contribution is -0.146. The molecule has 2 amide bonds. The van der Waals surface area contributed by atoms with E-state index < -0.39 is 116 Å². The summed E-state index contributed by atoms with van der Waals surface area (Å²) in [4.78, 5) is 144. The van der Waals surface area contributed by atoms with E-state index in [2.05, 4.69) is 48.1 Å². The fraction of sp³-hybridized carbons (Fsp3) is 0.402. The van der Waals surface area contributed by atoms with Crippen LogP contribution in [0, 0.1) is 38.2 Å². The number of fused-ring (bicyclic) bond motifs is 3. The van der Waals surface area contributed by atoms with E-state index >= 15 is 0 Å². The summed E-state index contributed by atoms with van der Waals surface area (Å²) in [6.45, 7) is 20.5. The number of hydrogen-bond donors (Lipinski definition) is 4. The van der Waals surface area contributed by atoms with Crippen LogP contribution in [0.2, 0.25) is 0 Å². The number of aliphatic hydroxyl groups is 2. The molecule has 4 N–H and O–H groups in total. The predicted molar refractivity (Wildman–Crippen MR) is 478 cm³/mol. The van der Waals surface area contributed by atoms with Gasteiger partial charge in [0, 0.05) is 72.6 Å². The van der Waals surface area contributed by atoms with Crippen molar-refractivity contribution in [1.29, 1.82) is 0 Å². The van der Waals surface area contributed by atoms with Crippen LogP contribution in [0.1, 0.15) is 114 Å². The van der Waals surface area contributed by atoms with Crippen molar-refractivity contribution in [2.45, 2.75) is 150 Å². The number of nitrogens with zero attached hydrogens (tertiary/aromatic N) is 17. The first-order valence-corrected chi connectivity index (χ1v) is 43.4. The number of ketones is 1. The first-order valence-electron chi connectivity index (χ1n) is 41.0. The number of carboxylic acids is 1. The Morgan fingerprint density at radius 3 is 0.992 bits per heavy atom. The van der Waals surface area contributed by atoms with Crippen molar-refractivity contribution in [3.05, 3.63) is 242 Å². The van der Waals surface area contributed by atoms with Crippen LogP contribution in [0.4, 0.5) is 13.2 Å². The van der Waals surface area contributed by atoms with E-state index in [1.165, 1.54) is 190 Å². The Kier molecular flexibility index (Phi) is 30.0. The van der Waals surface area contributed by atoms with Crippen LogP contribution in [0.3, 0.4) is 0 Å². The third kappa shape index (κ3) is 19.9. The summed E-state index contributed by atoms with van der Waals surface area (Å²) < 4.78 is 84.1. The van der Waals surface area contributed by atoms with Gasteiger partial charge in [-0.15, -0.1) is 14.4 Å². The number of carbonyl (C=O) groups excluding carboxylic acids is 3. The third-order valence-electron chi connectivity index (χ3n) is 21.7. The maximum Gasteiger partial charge on any atom is 0.333 e. The van der Waals surface area contributed by atoms with E-state index in [1.807, 2.05) is 24.3 Å². The molecule has 2 unspecified atom stereocenters. The van der Waals surface area contributed by atoms with Crippen molar-refractivity contribution >= 4 is 88.2 Å². The molecule has 43 heteroatoms. The summed E-state index contributed by atoms with van der Waals surface area (Å²) in [5, 5.41) is 60.0. The number of carboxylic acid groups (broad SMARTS) is 1. The Labute approximate surface area is 751 Å². The summed E-state index contributed by atoms with van der Waals surface area (Å²) in [5.74, 6) is -3.28. The highest BCUT2D eigenvalue weighted by Gasteiger charge is 2.43. The number of rotatable bonds is 30. The average molecular weight is 1850 g/mol. The Hall–Kier alpha value is -12.8. The lowest BCUT2D eigenvalue weighted by Crippen LogP contribution is -2.56. The van der Waals surface area contributed by atoms with Gasteiger partial charge in [-0.1, -0.05) is 70.5 Å². The molecule has 0 saturated heterocycles. The van der Waals surface area contributed by atoms with Crippen LogP contribution >= 0.6 is 34.0 Å². The molecule has 3 aromatic carbocycles. The minimum Gasteiger partial charge on any atom is -0.496 e. The molecule has 690 valence electrons. The highest BCUT2D eigenvalue weighted by Crippen LogP contribution is 2.40. The number of ether oxygens (including phenoxy) is 6. The minimum atomic E-state index is -1.91. The number of methoxy groups -OCH3 is 3. The van der Waals surface area contributed by atoms with Gasteiger partial charge in [0.15, 0.2) is 5.78 Å². The molecule has 0 spiro atoms. The third-order valence-corrected chi connectivity index (χ3v) is 25.6. The van der Waals surface area contributed by atoms with Gasteiger partial charge in [-0.05, 0) is 138 Å². The highest BCUT2D eigenvalue weighted by atomic mass is 32.1. The molecule has 9 aromatic heterocycles. The summed E-state index contributed by atoms with van der Waals surface area (Å²) >= 11 is 3.32. The van der Waals surface area contributed by atoms with Gasteiger partial charge in [-0.2, -0.15) is 30.6 Å². The molecule has 0 aliphatic carbocycles. The number of aromatic nitrogens is 15. The summed E-state index contributed by atoms with van der Waals surface area (Å²) in [6.07, 6.45) is 15.7. The first kappa shape index (κ1) is 96.3. The van der Waals surface area contributed by atoms with E-state index in [-0.39, 0.29) is 93.7 Å². The number of carbonyl (C=O) groups is 4. The molecular weight excluding hydrogens is 1750 g/mol. The summed E-state index contributed by atoms with van der Waals surface area (Å²) in [5.41, 5.74) is -7.17. The molecule has 12 heterocycles. The minimum absolute atomic E-state index is 0.113. The zero-order valence-electron chi connectivity index (χ0n) is 73.8. The topological polar surface area (TPSA) is 427 Å². The van der Waals surface area contributed by atoms with Crippen LogP contribution < -0.4 is 53.3 Å². The number of hydrogen-bond acceptors (Lipinski definition) is 28. The second-order valence-corrected chi connectivity index (χ2v) is 35.1. The molecule has 3 aliphatic heterocycles. The number of Topliss-reactive ketones (excluding diaryl/α,β-unsaturated/α-hetero) is 1. The molecule has 15 rings (SSSR count). The Morgan fingerprint density at radius 2 is 0.738 bits per heavy atom. The maximum absolute atomic E-state index is 14.5. The fourth-order valence-electron chi connectivity index (χ4n) is 15.1. The van der Waals surface area contributed by atoms with Gasteiger partial charge in [0.2, 0.25) is 11.8 Å². The smallest absolute Gasteiger partial charge is 0.333 e. The van der Waals surface area contributed by atoms with Gasteiger partial charge in [0.05, 0.1) is 120 Å². The number of aliphatic carboxylic acids is 1. The van der Waals surface area contributed by atoms with Crippen molar-refractivity contribution in [1.82, 2.24) is 87.5 Å². The molecule has 0 bridgehead atoms. The molecule has 0 radical (unpaired) electrons. The Bertz CT molecular complexity index is 6670. The molecule has 0 saturated carbocycles. The fourth-order valence-corrected chi connectivity index (χ4v) is 18.7. The van der Waals surface area contributed by atoms with Crippen LogP contribution in [0.5, 0.6) is 17.2 Å². The van der Waals surface area contributed by atoms with E-state index in [0.717, 1.165) is 56.2 Å². The van der Waals surface area contributed by atoms with Crippen molar-refractivity contribution in [2.75, 3.05) is 80.4 Å². The lowest BCUT2D eigenvalue weighted by atomic mass is 10.0. The second-order valence-electron chi connectivity index (χ2n) is 32.2. The number of halogens is 3. The van der Waals surface area contributed by atoms with E-state index in [1.54, 1.807) is 44.4 Å². The van der Waals surface area contributed by atoms with Gasteiger partial charge in [-0.25, -0.2) is 46.1 Å². The van der Waals surface area contributed by atoms with Gasteiger partial charge in [0.1, 0.15) is 106 Å². The zero-order valence-corrected chi connectivity index (χ0v) is 76.3. The predicted octanol–water partition coefficient (Wildman–Crippen LogP) is 7.64. The molecule has 3 aliphatic rings. The van der Waals surface area contributed by atoms with E-state index in [4.69, 9.17) is 28.4 Å². The maximum atomic E-state index is 14.5. The average Bonchev–Trinajstić information content (AvgIpc) is 1.53. The van der Waals surface area contributed by atoms with Crippen LogP contribution in [-0.4, -0.2) is 214 Å². The normalized spacial score (nSPS) is 14.4. The summed E-state index contributed by atoms with van der Waals surface area (Å²) in [6, 6.07) is 11.6. The second kappa shape index (κ2) is 40.5. The number of benzene rings is 3. The number of thiophene rings is 3. The molecular formula is C87H99F3N18O19S3. The van der Waals surface area contributed by atoms with Gasteiger partial charge < -0.3 is 58.9 Å². The molecule has 0 fully saturated rings. The van der Waals surface area contributed by atoms with Crippen molar-refractivity contribution < 1.29 is 76.1 Å². The Morgan fingerprint density at radius 1 is 0.454 bits per heavy atom. The number of nitrogens with one attached hydrogen (secondary N) is 1. The lowest BCUT2D eigenvalue weighted by Gasteiger charge is -2.31. The molecule has 37 nitrogen and oxygen atoms in total. The first-order chi connectivity index (χ1) is 61.8. The number of aliphatic hydroxyl groups excluding tert-OH is 2. The van der Waals surface area contributed by atoms with Crippen LogP contribution in [-0.2, 0) is 69.6 Å². The highest BCUT2D eigenvalue weighted by molar-refractivity contribution is 7.22. The van der Waals surface area contributed by atoms with E-state index in [0.29, 0.717) is 78.6 Å². The standard InChI is InChI=1S/C29H33FN6O6S.C29H31FN6O6S.C25H28FN5O7S.C4H7N/c2*1-17(37)16-42-22(20-14-19(30)8-9-21(20)41-5)15-34-26-23(18(2)25(43-26)36-31-10-11-32-36)24(38)35(28(34)40)29(3,4)27(39)33-12-6-7-13-33;1-13(32)12-38-18(16-10-15(26)6-7-17(16)37-5)11-29-22-19(14(2)21(39-22)31-27-8-9-28-31)20(33)30(24(29)36)25(3,4)23(34)35;1-2-4-5-3-1/h6-11,14,17,22,37H,12-13,15-16H2,1-5H3;6-11,14,22H,12-13,15-16H2,1-5H3;6-10,13,18,32H,11-12H2,1-5H3,(H,34,35);1-2,5H,3-4H2/t17?,22-;22-;13?,18-;/m000./s1. The Balaban J connectivity index is 0.000000172. The summed E-state index contributed by atoms with van der Waals surface area (Å²) in [7, 11) is 4.24. The number of aryl methyl sites for hydroxylation is 3. The van der Waals surface area contributed by atoms with E-state index in [9.17, 15) is 76.4 Å². The van der Waals surface area contributed by atoms with Crippen molar-refractivity contribution in [2.24, 2.45) is 0 Å². The number of amides is 2. The zero-order chi connectivity index (χ0) is 94.3. The molecule has 5 atom stereocenters. The monoisotopic (exact) mass is 1850 g/mol. The van der Waals surface area contributed by atoms with Crippen molar-refractivity contribution in [3.8, 4) is 32.3 Å². The van der Waals surface area contributed by atoms with Crippen LogP contribution in [0.15, 0.2) is 157 Å². The largest absolute Gasteiger partial charge is 0.496 e. The SMILES string of the molecule is C1=CCNC1.COc1ccc(F)cc1[C@H](Cn1c(=O)n(C(C)(C)C(=O)N2CC=CC2)c(=O)c2c(C)c(-n3nccn3)sc21)OCC(C)=O.COc1ccc(F)cc1[C@H](Cn1c(=O)n(C(C)(C)C(=O)N2CC=CC2)c(=O)c2c(C)c(-n3nccn3)sc21)OCC(C)O.COc1ccc(F)cc1[C@H](Cn1c(=O)n(C(C)(C)C(=O)O)c(=O)c2c(C)c(-n3nccn3)sc21)OCC(C)O. The van der Waals surface area contributed by atoms with Gasteiger partial charge in [0.25, 0.3) is 16.7 Å². The van der Waals surface area contributed by atoms with Gasteiger partial charge in [-0.3, -0.25) is 42.5 Å². The molecule has 130 heavy (non-hydrogen) atoms. The molecule has 12 aromatic rings. The quantitative estimate of drug-likeness (QED) is 0.0314.